The molecule has 118 valence electrons. The van der Waals surface area contributed by atoms with Gasteiger partial charge in [0.25, 0.3) is 6.01 Å². The highest BCUT2D eigenvalue weighted by molar-refractivity contribution is 5.77. The first-order valence-corrected chi connectivity index (χ1v) is 8.00. The van der Waals surface area contributed by atoms with Gasteiger partial charge in [-0.3, -0.25) is 0 Å². The van der Waals surface area contributed by atoms with E-state index in [2.05, 4.69) is 34.6 Å². The van der Waals surface area contributed by atoms with Crippen LogP contribution >= 0.6 is 0 Å². The van der Waals surface area contributed by atoms with Gasteiger partial charge in [-0.15, -0.1) is 0 Å². The molecule has 2 aromatic carbocycles. The van der Waals surface area contributed by atoms with Crippen molar-refractivity contribution in [2.24, 2.45) is 0 Å². The third-order valence-electron chi connectivity index (χ3n) is 3.80. The van der Waals surface area contributed by atoms with E-state index < -0.39 is 0 Å². The third-order valence-corrected chi connectivity index (χ3v) is 3.80. The Morgan fingerprint density at radius 1 is 0.913 bits per heavy atom. The van der Waals surface area contributed by atoms with Gasteiger partial charge in [0.05, 0.1) is 10.9 Å². The largest absolute Gasteiger partial charge is 0.389 e. The summed E-state index contributed by atoms with van der Waals surface area (Å²) in [6.07, 6.45) is 4.40. The highest BCUT2D eigenvalue weighted by Gasteiger charge is 2.04. The number of rotatable bonds is 7. The molecule has 1 heterocycles. The van der Waals surface area contributed by atoms with Gasteiger partial charge in [0.2, 0.25) is 0 Å². The van der Waals surface area contributed by atoms with Gasteiger partial charge in [0.1, 0.15) is 0 Å². The Balaban J connectivity index is 1.45. The van der Waals surface area contributed by atoms with E-state index in [1.54, 1.807) is 12.1 Å². The lowest BCUT2D eigenvalue weighted by Crippen LogP contribution is -2.09. The maximum Gasteiger partial charge on any atom is 0.348 e. The molecule has 0 spiro atoms. The van der Waals surface area contributed by atoms with Crippen LogP contribution in [0.15, 0.2) is 63.8 Å². The molecule has 3 aromatic rings. The standard InChI is InChI=1S/C19H20N2O2/c22-18-16-12-6-7-13-17(16)21-19(23-18)20-14-8-2-5-11-15-9-3-1-4-10-15/h1,3-4,6-7,9-10,12-13H,2,5,8,11,14H2,(H,20,21). The van der Waals surface area contributed by atoms with E-state index >= 15 is 0 Å². The van der Waals surface area contributed by atoms with Crippen LogP contribution in [0.4, 0.5) is 6.01 Å². The quantitative estimate of drug-likeness (QED) is 0.670. The molecule has 0 aliphatic rings. The molecule has 0 aliphatic carbocycles. The van der Waals surface area contributed by atoms with Gasteiger partial charge < -0.3 is 9.73 Å². The second kappa shape index (κ2) is 7.58. The lowest BCUT2D eigenvalue weighted by atomic mass is 10.1. The topological polar surface area (TPSA) is 55.1 Å². The van der Waals surface area contributed by atoms with Crippen LogP contribution < -0.4 is 10.9 Å². The molecule has 0 atom stereocenters. The molecule has 4 nitrogen and oxygen atoms in total. The fourth-order valence-electron chi connectivity index (χ4n) is 2.57. The zero-order valence-corrected chi connectivity index (χ0v) is 13.0. The van der Waals surface area contributed by atoms with E-state index in [0.717, 1.165) is 32.2 Å². The summed E-state index contributed by atoms with van der Waals surface area (Å²) in [5, 5.41) is 3.61. The van der Waals surface area contributed by atoms with Crippen LogP contribution in [0.3, 0.4) is 0 Å². The van der Waals surface area contributed by atoms with Crippen molar-refractivity contribution in [2.45, 2.75) is 25.7 Å². The summed E-state index contributed by atoms with van der Waals surface area (Å²) in [5.41, 5.74) is 1.69. The zero-order valence-electron chi connectivity index (χ0n) is 13.0. The molecule has 0 fully saturated rings. The van der Waals surface area contributed by atoms with Crippen LogP contribution in [0.5, 0.6) is 0 Å². The maximum absolute atomic E-state index is 11.8. The normalized spacial score (nSPS) is 10.8. The zero-order chi connectivity index (χ0) is 15.9. The van der Waals surface area contributed by atoms with Gasteiger partial charge in [0.15, 0.2) is 0 Å². The molecule has 4 heteroatoms. The number of para-hydroxylation sites is 1. The Morgan fingerprint density at radius 3 is 2.57 bits per heavy atom. The SMILES string of the molecule is O=c1oc(NCCCCCc2ccccc2)nc2ccccc12. The number of aromatic nitrogens is 1. The van der Waals surface area contributed by atoms with Gasteiger partial charge in [-0.1, -0.05) is 48.9 Å². The number of benzene rings is 2. The maximum atomic E-state index is 11.8. The summed E-state index contributed by atoms with van der Waals surface area (Å²) in [6.45, 7) is 0.753. The number of aryl methyl sites for hydroxylation is 1. The first-order chi connectivity index (χ1) is 11.3. The van der Waals surface area contributed by atoms with E-state index in [9.17, 15) is 4.79 Å². The van der Waals surface area contributed by atoms with Crippen LogP contribution in [0.1, 0.15) is 24.8 Å². The number of anilines is 1. The minimum Gasteiger partial charge on any atom is -0.389 e. The predicted octanol–water partition coefficient (Wildman–Crippen LogP) is 4.01. The number of unbranched alkanes of at least 4 members (excludes halogenated alkanes) is 2. The molecule has 0 bridgehead atoms. The first kappa shape index (κ1) is 15.3. The highest BCUT2D eigenvalue weighted by Crippen LogP contribution is 2.11. The third kappa shape index (κ3) is 4.19. The van der Waals surface area contributed by atoms with Crippen LogP contribution in [0.2, 0.25) is 0 Å². The molecule has 0 aliphatic heterocycles. The minimum absolute atomic E-state index is 0.303. The number of hydrogen-bond donors (Lipinski definition) is 1. The molecule has 1 aromatic heterocycles. The molecule has 0 unspecified atom stereocenters. The highest BCUT2D eigenvalue weighted by atomic mass is 16.4. The van der Waals surface area contributed by atoms with Crippen LogP contribution in [-0.4, -0.2) is 11.5 Å². The molecule has 1 N–H and O–H groups in total. The Kier molecular flexibility index (Phi) is 5.04. The molecule has 3 rings (SSSR count). The molecule has 0 saturated heterocycles. The van der Waals surface area contributed by atoms with Crippen molar-refractivity contribution >= 4 is 16.9 Å². The van der Waals surface area contributed by atoms with E-state index in [1.807, 2.05) is 18.2 Å². The minimum atomic E-state index is -0.345. The predicted molar refractivity (Wildman–Crippen MR) is 92.8 cm³/mol. The summed E-state index contributed by atoms with van der Waals surface area (Å²) in [5.74, 6) is 0. The molecule has 0 radical (unpaired) electrons. The second-order valence-corrected chi connectivity index (χ2v) is 5.55. The first-order valence-electron chi connectivity index (χ1n) is 8.00. The molecular weight excluding hydrogens is 288 g/mol. The molecule has 23 heavy (non-hydrogen) atoms. The number of nitrogens with zero attached hydrogens (tertiary/aromatic N) is 1. The fourth-order valence-corrected chi connectivity index (χ4v) is 2.57. The lowest BCUT2D eigenvalue weighted by molar-refractivity contribution is 0.514. The number of hydrogen-bond acceptors (Lipinski definition) is 4. The van der Waals surface area contributed by atoms with Gasteiger partial charge in [-0.25, -0.2) is 4.79 Å². The summed E-state index contributed by atoms with van der Waals surface area (Å²) >= 11 is 0. The van der Waals surface area contributed by atoms with E-state index in [-0.39, 0.29) is 5.63 Å². The number of nitrogens with one attached hydrogen (secondary N) is 1. The summed E-state index contributed by atoms with van der Waals surface area (Å²) in [4.78, 5) is 16.2. The molecule has 0 saturated carbocycles. The Hall–Kier alpha value is -2.62. The van der Waals surface area contributed by atoms with Gasteiger partial charge in [0, 0.05) is 6.54 Å². The van der Waals surface area contributed by atoms with E-state index in [4.69, 9.17) is 4.42 Å². The summed E-state index contributed by atoms with van der Waals surface area (Å²) < 4.78 is 5.19. The van der Waals surface area contributed by atoms with Crippen molar-refractivity contribution in [2.75, 3.05) is 11.9 Å². The van der Waals surface area contributed by atoms with Gasteiger partial charge in [-0.2, -0.15) is 4.98 Å². The summed E-state index contributed by atoms with van der Waals surface area (Å²) in [7, 11) is 0. The lowest BCUT2D eigenvalue weighted by Gasteiger charge is -2.05. The van der Waals surface area contributed by atoms with Crippen LogP contribution in [-0.2, 0) is 6.42 Å². The van der Waals surface area contributed by atoms with Crippen molar-refractivity contribution in [3.05, 3.63) is 70.6 Å². The van der Waals surface area contributed by atoms with Crippen LogP contribution in [0, 0.1) is 0 Å². The van der Waals surface area contributed by atoms with Crippen molar-refractivity contribution in [1.82, 2.24) is 4.98 Å². The summed E-state index contributed by atoms with van der Waals surface area (Å²) in [6, 6.07) is 18.0. The average molecular weight is 308 g/mol. The van der Waals surface area contributed by atoms with Crippen molar-refractivity contribution < 1.29 is 4.42 Å². The number of fused-ring (bicyclic) bond motifs is 1. The second-order valence-electron chi connectivity index (χ2n) is 5.55. The van der Waals surface area contributed by atoms with E-state index in [1.165, 1.54) is 5.56 Å². The Labute approximate surface area is 135 Å². The van der Waals surface area contributed by atoms with Gasteiger partial charge in [-0.05, 0) is 37.0 Å². The monoisotopic (exact) mass is 308 g/mol. The van der Waals surface area contributed by atoms with Crippen LogP contribution in [0.25, 0.3) is 10.9 Å². The smallest absolute Gasteiger partial charge is 0.348 e. The molecular formula is C19H20N2O2. The van der Waals surface area contributed by atoms with Gasteiger partial charge >= 0.3 is 5.63 Å². The Bertz CT molecular complexity index is 812. The van der Waals surface area contributed by atoms with E-state index in [0.29, 0.717) is 16.9 Å². The van der Waals surface area contributed by atoms with Crippen molar-refractivity contribution in [1.29, 1.82) is 0 Å². The average Bonchev–Trinajstić information content (AvgIpc) is 2.59. The van der Waals surface area contributed by atoms with Crippen molar-refractivity contribution in [3.63, 3.8) is 0 Å². The molecule has 0 amide bonds. The Morgan fingerprint density at radius 2 is 1.70 bits per heavy atom. The van der Waals surface area contributed by atoms with Crippen molar-refractivity contribution in [3.8, 4) is 0 Å². The fraction of sp³-hybridized carbons (Fsp3) is 0.263.